The van der Waals surface area contributed by atoms with Crippen LogP contribution in [-0.2, 0) is 6.18 Å². The number of halogens is 4. The highest BCUT2D eigenvalue weighted by Crippen LogP contribution is 2.35. The first-order valence-electron chi connectivity index (χ1n) is 4.59. The van der Waals surface area contributed by atoms with E-state index in [-0.39, 0.29) is 18.6 Å². The van der Waals surface area contributed by atoms with Gasteiger partial charge in [-0.25, -0.2) is 4.39 Å². The molecule has 16 heavy (non-hydrogen) atoms. The highest BCUT2D eigenvalue weighted by Gasteiger charge is 2.34. The van der Waals surface area contributed by atoms with E-state index in [0.717, 1.165) is 12.1 Å². The molecule has 6 heteroatoms. The summed E-state index contributed by atoms with van der Waals surface area (Å²) in [6, 6.07) is 1.37. The van der Waals surface area contributed by atoms with Gasteiger partial charge in [-0.15, -0.1) is 0 Å². The Hall–Kier alpha value is -1.14. The van der Waals surface area contributed by atoms with E-state index in [0.29, 0.717) is 6.07 Å². The van der Waals surface area contributed by atoms with Gasteiger partial charge < -0.3 is 10.8 Å². The van der Waals surface area contributed by atoms with E-state index in [4.69, 9.17) is 10.8 Å². The molecule has 0 fully saturated rings. The minimum absolute atomic E-state index is 0.00525. The molecule has 1 aromatic carbocycles. The van der Waals surface area contributed by atoms with Gasteiger partial charge in [0.05, 0.1) is 5.56 Å². The topological polar surface area (TPSA) is 46.2 Å². The molecule has 0 saturated carbocycles. The Kier molecular flexibility index (Phi) is 3.88. The van der Waals surface area contributed by atoms with Crippen LogP contribution in [0.1, 0.15) is 23.6 Å². The van der Waals surface area contributed by atoms with Crippen LogP contribution in [0.25, 0.3) is 0 Å². The van der Waals surface area contributed by atoms with Crippen molar-refractivity contribution in [3.8, 4) is 0 Å². The lowest BCUT2D eigenvalue weighted by molar-refractivity contribution is -0.138. The number of rotatable bonds is 3. The quantitative estimate of drug-likeness (QED) is 0.792. The summed E-state index contributed by atoms with van der Waals surface area (Å²) >= 11 is 0. The monoisotopic (exact) mass is 237 g/mol. The first-order valence-corrected chi connectivity index (χ1v) is 4.59. The normalized spacial score (nSPS) is 13.9. The van der Waals surface area contributed by atoms with Gasteiger partial charge in [0.2, 0.25) is 0 Å². The summed E-state index contributed by atoms with van der Waals surface area (Å²) < 4.78 is 50.4. The number of alkyl halides is 3. The Balaban J connectivity index is 3.18. The largest absolute Gasteiger partial charge is 0.416 e. The molecule has 0 aliphatic heterocycles. The molecule has 90 valence electrons. The van der Waals surface area contributed by atoms with Crippen LogP contribution in [0.3, 0.4) is 0 Å². The van der Waals surface area contributed by atoms with Gasteiger partial charge in [-0.1, -0.05) is 6.07 Å². The lowest BCUT2D eigenvalue weighted by atomic mass is 9.98. The predicted octanol–water partition coefficient (Wildman–Crippen LogP) is 2.23. The molecule has 0 aliphatic carbocycles. The first-order chi connectivity index (χ1) is 7.36. The van der Waals surface area contributed by atoms with E-state index in [9.17, 15) is 17.6 Å². The summed E-state index contributed by atoms with van der Waals surface area (Å²) in [7, 11) is 0. The van der Waals surface area contributed by atoms with Crippen LogP contribution in [0, 0.1) is 5.82 Å². The molecule has 0 unspecified atom stereocenters. The van der Waals surface area contributed by atoms with Crippen molar-refractivity contribution in [2.45, 2.75) is 18.6 Å². The molecule has 0 saturated heterocycles. The van der Waals surface area contributed by atoms with Gasteiger partial charge in [0, 0.05) is 12.6 Å². The van der Waals surface area contributed by atoms with Crippen LogP contribution in [0.2, 0.25) is 0 Å². The summed E-state index contributed by atoms with van der Waals surface area (Å²) in [6.45, 7) is -0.324. The molecule has 3 N–H and O–H groups in total. The number of aliphatic hydroxyl groups is 1. The number of hydrogen-bond acceptors (Lipinski definition) is 2. The first kappa shape index (κ1) is 12.9. The standard InChI is InChI=1S/C10H11F4NO/c11-6-1-2-7(9(15)3-4-16)8(5-6)10(12,13)14/h1-2,5,9,16H,3-4,15H2/t9-/m0/s1. The van der Waals surface area contributed by atoms with E-state index in [1.165, 1.54) is 0 Å². The third kappa shape index (κ3) is 2.93. The van der Waals surface area contributed by atoms with Crippen LogP contribution >= 0.6 is 0 Å². The van der Waals surface area contributed by atoms with Gasteiger partial charge in [0.1, 0.15) is 5.82 Å². The molecular weight excluding hydrogens is 226 g/mol. The lowest BCUT2D eigenvalue weighted by Crippen LogP contribution is -2.18. The van der Waals surface area contributed by atoms with Crippen molar-refractivity contribution in [2.24, 2.45) is 5.73 Å². The summed E-state index contributed by atoms with van der Waals surface area (Å²) in [5.41, 5.74) is 4.18. The van der Waals surface area contributed by atoms with Gasteiger partial charge in [0.15, 0.2) is 0 Å². The number of aliphatic hydroxyl groups excluding tert-OH is 1. The van der Waals surface area contributed by atoms with Gasteiger partial charge in [0.25, 0.3) is 0 Å². The van der Waals surface area contributed by atoms with Crippen molar-refractivity contribution in [1.29, 1.82) is 0 Å². The lowest BCUT2D eigenvalue weighted by Gasteiger charge is -2.17. The van der Waals surface area contributed by atoms with Crippen LogP contribution in [0.5, 0.6) is 0 Å². The van der Waals surface area contributed by atoms with Crippen LogP contribution in [0.15, 0.2) is 18.2 Å². The Morgan fingerprint density at radius 3 is 2.44 bits per heavy atom. The Morgan fingerprint density at radius 2 is 1.94 bits per heavy atom. The molecule has 0 amide bonds. The highest BCUT2D eigenvalue weighted by molar-refractivity contribution is 5.32. The number of nitrogens with two attached hydrogens (primary N) is 1. The van der Waals surface area contributed by atoms with Gasteiger partial charge in [-0.2, -0.15) is 13.2 Å². The van der Waals surface area contributed by atoms with Crippen molar-refractivity contribution < 1.29 is 22.7 Å². The zero-order valence-electron chi connectivity index (χ0n) is 8.26. The van der Waals surface area contributed by atoms with Crippen molar-refractivity contribution in [3.05, 3.63) is 35.1 Å². The molecule has 0 spiro atoms. The van der Waals surface area contributed by atoms with Crippen LogP contribution < -0.4 is 5.73 Å². The van der Waals surface area contributed by atoms with Gasteiger partial charge in [-0.05, 0) is 24.1 Å². The van der Waals surface area contributed by atoms with E-state index in [2.05, 4.69) is 0 Å². The Bertz CT molecular complexity index is 364. The van der Waals surface area contributed by atoms with Crippen molar-refractivity contribution >= 4 is 0 Å². The maximum atomic E-state index is 12.7. The summed E-state index contributed by atoms with van der Waals surface area (Å²) in [5.74, 6) is -0.965. The SMILES string of the molecule is N[C@@H](CCO)c1ccc(F)cc1C(F)(F)F. The molecule has 0 heterocycles. The zero-order chi connectivity index (χ0) is 12.3. The van der Waals surface area contributed by atoms with E-state index >= 15 is 0 Å². The fourth-order valence-corrected chi connectivity index (χ4v) is 1.39. The fourth-order valence-electron chi connectivity index (χ4n) is 1.39. The maximum Gasteiger partial charge on any atom is 0.416 e. The molecular formula is C10H11F4NO. The molecule has 0 aliphatic rings. The third-order valence-electron chi connectivity index (χ3n) is 2.16. The zero-order valence-corrected chi connectivity index (χ0v) is 8.26. The van der Waals surface area contributed by atoms with Gasteiger partial charge in [-0.3, -0.25) is 0 Å². The molecule has 2 nitrogen and oxygen atoms in total. The molecule has 0 bridgehead atoms. The van der Waals surface area contributed by atoms with Crippen molar-refractivity contribution in [2.75, 3.05) is 6.61 Å². The number of benzene rings is 1. The second kappa shape index (κ2) is 4.80. The molecule has 1 rings (SSSR count). The Labute approximate surface area is 89.7 Å². The molecule has 0 aromatic heterocycles. The highest BCUT2D eigenvalue weighted by atomic mass is 19.4. The average Bonchev–Trinajstić information content (AvgIpc) is 2.16. The molecule has 0 radical (unpaired) electrons. The predicted molar refractivity (Wildman–Crippen MR) is 50.0 cm³/mol. The summed E-state index contributed by atoms with van der Waals surface area (Å²) in [4.78, 5) is 0. The average molecular weight is 237 g/mol. The smallest absolute Gasteiger partial charge is 0.396 e. The Morgan fingerprint density at radius 1 is 1.31 bits per heavy atom. The molecule has 1 aromatic rings. The maximum absolute atomic E-state index is 12.7. The summed E-state index contributed by atoms with van der Waals surface area (Å²) in [5, 5.41) is 8.61. The van der Waals surface area contributed by atoms with Crippen LogP contribution in [0.4, 0.5) is 17.6 Å². The third-order valence-corrected chi connectivity index (χ3v) is 2.16. The van der Waals surface area contributed by atoms with Crippen molar-refractivity contribution in [3.63, 3.8) is 0 Å². The summed E-state index contributed by atoms with van der Waals surface area (Å²) in [6.07, 6.45) is -4.65. The second-order valence-corrected chi connectivity index (χ2v) is 3.35. The van der Waals surface area contributed by atoms with E-state index in [1.54, 1.807) is 0 Å². The minimum atomic E-state index is -4.65. The number of hydrogen-bond donors (Lipinski definition) is 2. The fraction of sp³-hybridized carbons (Fsp3) is 0.400. The van der Waals surface area contributed by atoms with Crippen molar-refractivity contribution in [1.82, 2.24) is 0 Å². The van der Waals surface area contributed by atoms with E-state index in [1.807, 2.05) is 0 Å². The van der Waals surface area contributed by atoms with E-state index < -0.39 is 23.6 Å². The minimum Gasteiger partial charge on any atom is -0.396 e. The molecule has 1 atom stereocenters. The second-order valence-electron chi connectivity index (χ2n) is 3.35. The van der Waals surface area contributed by atoms with Gasteiger partial charge >= 0.3 is 6.18 Å². The van der Waals surface area contributed by atoms with Crippen LogP contribution in [-0.4, -0.2) is 11.7 Å².